The average Bonchev–Trinajstić information content (AvgIpc) is 3.27. The lowest BCUT2D eigenvalue weighted by molar-refractivity contribution is -0.119. The predicted molar refractivity (Wildman–Crippen MR) is 135 cm³/mol. The number of hydrogen-bond acceptors (Lipinski definition) is 6. The third kappa shape index (κ3) is 6.75. The second-order valence-electron chi connectivity index (χ2n) is 7.30. The fraction of sp³-hybridized carbons (Fsp3) is 0.304. The predicted octanol–water partition coefficient (Wildman–Crippen LogP) is 5.54. The molecule has 0 spiro atoms. The number of carbonyl (C=O) groups is 2. The van der Waals surface area contributed by atoms with Crippen LogP contribution in [0.25, 0.3) is 10.6 Å². The van der Waals surface area contributed by atoms with Gasteiger partial charge in [-0.2, -0.15) is 0 Å². The van der Waals surface area contributed by atoms with E-state index in [1.54, 1.807) is 18.2 Å². The summed E-state index contributed by atoms with van der Waals surface area (Å²) < 4.78 is 6.47. The molecule has 3 N–H and O–H groups in total. The van der Waals surface area contributed by atoms with E-state index in [1.807, 2.05) is 51.1 Å². The van der Waals surface area contributed by atoms with Crippen LogP contribution in [0.15, 0.2) is 53.0 Å². The summed E-state index contributed by atoms with van der Waals surface area (Å²) in [6.45, 7) is 6.22. The van der Waals surface area contributed by atoms with E-state index in [9.17, 15) is 9.59 Å². The van der Waals surface area contributed by atoms with E-state index in [1.165, 1.54) is 11.3 Å². The Balaban J connectivity index is 1.69. The van der Waals surface area contributed by atoms with Crippen LogP contribution >= 0.6 is 27.3 Å². The van der Waals surface area contributed by atoms with E-state index in [0.717, 1.165) is 10.0 Å². The van der Waals surface area contributed by atoms with Gasteiger partial charge in [0.25, 0.3) is 0 Å². The number of hydrogen-bond donors (Lipinski definition) is 3. The number of ether oxygens (including phenoxy) is 1. The van der Waals surface area contributed by atoms with Gasteiger partial charge in [-0.15, -0.1) is 10.2 Å². The Kier molecular flexibility index (Phi) is 8.79. The average molecular weight is 532 g/mol. The summed E-state index contributed by atoms with van der Waals surface area (Å²) in [6, 6.07) is 13.6. The zero-order valence-corrected chi connectivity index (χ0v) is 21.0. The SMILES string of the molecule is CCOc1ccccc1NC(=O)NC(C(=O)Nc1nnc(-c2cccc(Br)c2)s1)C(C)CC. The van der Waals surface area contributed by atoms with E-state index in [0.29, 0.717) is 34.6 Å². The van der Waals surface area contributed by atoms with Crippen molar-refractivity contribution in [2.75, 3.05) is 17.2 Å². The van der Waals surface area contributed by atoms with Gasteiger partial charge in [0.05, 0.1) is 12.3 Å². The van der Waals surface area contributed by atoms with Crippen molar-refractivity contribution < 1.29 is 14.3 Å². The van der Waals surface area contributed by atoms with Crippen molar-refractivity contribution in [3.8, 4) is 16.3 Å². The first-order valence-electron chi connectivity index (χ1n) is 10.6. The minimum Gasteiger partial charge on any atom is -0.492 e. The molecule has 0 saturated heterocycles. The Morgan fingerprint density at radius 3 is 2.61 bits per heavy atom. The van der Waals surface area contributed by atoms with Gasteiger partial charge in [0.15, 0.2) is 0 Å². The summed E-state index contributed by atoms with van der Waals surface area (Å²) in [5, 5.41) is 17.6. The second kappa shape index (κ2) is 11.8. The maximum Gasteiger partial charge on any atom is 0.320 e. The third-order valence-electron chi connectivity index (χ3n) is 4.94. The lowest BCUT2D eigenvalue weighted by Crippen LogP contribution is -2.49. The van der Waals surface area contributed by atoms with E-state index in [2.05, 4.69) is 42.1 Å². The zero-order valence-electron chi connectivity index (χ0n) is 18.6. The van der Waals surface area contributed by atoms with Crippen LogP contribution in [0.5, 0.6) is 5.75 Å². The van der Waals surface area contributed by atoms with E-state index in [4.69, 9.17) is 4.74 Å². The number of benzene rings is 2. The Morgan fingerprint density at radius 2 is 1.88 bits per heavy atom. The highest BCUT2D eigenvalue weighted by Crippen LogP contribution is 2.28. The third-order valence-corrected chi connectivity index (χ3v) is 6.32. The fourth-order valence-corrected chi connectivity index (χ4v) is 4.19. The number of anilines is 2. The van der Waals surface area contributed by atoms with Crippen LogP contribution < -0.4 is 20.7 Å². The Morgan fingerprint density at radius 1 is 1.09 bits per heavy atom. The number of carbonyl (C=O) groups excluding carboxylic acids is 2. The normalized spacial score (nSPS) is 12.5. The molecule has 0 fully saturated rings. The standard InChI is InChI=1S/C23H26BrN5O3S/c1-4-14(3)19(26-22(31)25-17-11-6-7-12-18(17)32-5-2)20(30)27-23-29-28-21(33-23)15-9-8-10-16(24)13-15/h6-14,19H,4-5H2,1-3H3,(H2,25,26,31)(H,27,29,30). The first-order chi connectivity index (χ1) is 15.9. The number of amides is 3. The fourth-order valence-electron chi connectivity index (χ4n) is 3.05. The Hall–Kier alpha value is -2.98. The summed E-state index contributed by atoms with van der Waals surface area (Å²) in [5.41, 5.74) is 1.43. The maximum absolute atomic E-state index is 13.0. The topological polar surface area (TPSA) is 105 Å². The molecule has 1 aromatic heterocycles. The van der Waals surface area contributed by atoms with Gasteiger partial charge in [-0.05, 0) is 37.1 Å². The zero-order chi connectivity index (χ0) is 23.8. The number of para-hydroxylation sites is 2. The molecule has 174 valence electrons. The largest absolute Gasteiger partial charge is 0.492 e. The molecule has 0 saturated carbocycles. The molecule has 2 unspecified atom stereocenters. The van der Waals surface area contributed by atoms with Gasteiger partial charge in [0, 0.05) is 10.0 Å². The molecule has 0 radical (unpaired) electrons. The molecule has 2 aromatic carbocycles. The molecule has 10 heteroatoms. The molecule has 1 heterocycles. The number of nitrogens with one attached hydrogen (secondary N) is 3. The van der Waals surface area contributed by atoms with Crippen LogP contribution in [0.4, 0.5) is 15.6 Å². The number of aromatic nitrogens is 2. The molecule has 8 nitrogen and oxygen atoms in total. The van der Waals surface area contributed by atoms with Crippen molar-refractivity contribution in [2.45, 2.75) is 33.2 Å². The van der Waals surface area contributed by atoms with Gasteiger partial charge >= 0.3 is 6.03 Å². The summed E-state index contributed by atoms with van der Waals surface area (Å²) in [4.78, 5) is 25.7. The van der Waals surface area contributed by atoms with E-state index >= 15 is 0 Å². The molecule has 0 aliphatic carbocycles. The van der Waals surface area contributed by atoms with Gasteiger partial charge in [0.2, 0.25) is 11.0 Å². The number of nitrogens with zero attached hydrogens (tertiary/aromatic N) is 2. The lowest BCUT2D eigenvalue weighted by atomic mass is 9.98. The Bertz CT molecular complexity index is 1110. The minimum atomic E-state index is -0.757. The van der Waals surface area contributed by atoms with E-state index < -0.39 is 12.1 Å². The summed E-state index contributed by atoms with van der Waals surface area (Å²) in [7, 11) is 0. The highest BCUT2D eigenvalue weighted by Gasteiger charge is 2.27. The van der Waals surface area contributed by atoms with Crippen LogP contribution in [0.2, 0.25) is 0 Å². The van der Waals surface area contributed by atoms with Crippen molar-refractivity contribution >= 4 is 50.0 Å². The molecular weight excluding hydrogens is 506 g/mol. The molecule has 0 aliphatic heterocycles. The van der Waals surface area contributed by atoms with Gasteiger partial charge < -0.3 is 15.4 Å². The van der Waals surface area contributed by atoms with Gasteiger partial charge in [-0.1, -0.05) is 71.8 Å². The first kappa shape index (κ1) is 24.7. The second-order valence-corrected chi connectivity index (χ2v) is 9.20. The molecule has 0 bridgehead atoms. The summed E-state index contributed by atoms with van der Waals surface area (Å²) in [6.07, 6.45) is 0.702. The number of urea groups is 1. The highest BCUT2D eigenvalue weighted by molar-refractivity contribution is 9.10. The number of halogens is 1. The Labute approximate surface area is 205 Å². The lowest BCUT2D eigenvalue weighted by Gasteiger charge is -2.23. The molecule has 3 rings (SSSR count). The van der Waals surface area contributed by atoms with Crippen LogP contribution in [0.1, 0.15) is 27.2 Å². The minimum absolute atomic E-state index is 0.102. The van der Waals surface area contributed by atoms with Crippen LogP contribution in [0, 0.1) is 5.92 Å². The number of rotatable bonds is 9. The van der Waals surface area contributed by atoms with Crippen molar-refractivity contribution in [3.05, 3.63) is 53.0 Å². The van der Waals surface area contributed by atoms with Crippen LogP contribution in [-0.4, -0.2) is 34.8 Å². The monoisotopic (exact) mass is 531 g/mol. The van der Waals surface area contributed by atoms with Gasteiger partial charge in [-0.3, -0.25) is 10.1 Å². The molecule has 3 amide bonds. The van der Waals surface area contributed by atoms with Gasteiger partial charge in [-0.25, -0.2) is 4.79 Å². The van der Waals surface area contributed by atoms with Crippen molar-refractivity contribution in [3.63, 3.8) is 0 Å². The van der Waals surface area contributed by atoms with Crippen molar-refractivity contribution in [1.82, 2.24) is 15.5 Å². The quantitative estimate of drug-likeness (QED) is 0.336. The maximum atomic E-state index is 13.0. The van der Waals surface area contributed by atoms with Crippen molar-refractivity contribution in [2.24, 2.45) is 5.92 Å². The van der Waals surface area contributed by atoms with Crippen molar-refractivity contribution in [1.29, 1.82) is 0 Å². The summed E-state index contributed by atoms with van der Waals surface area (Å²) in [5.74, 6) is 0.110. The smallest absolute Gasteiger partial charge is 0.320 e. The van der Waals surface area contributed by atoms with Crippen LogP contribution in [0.3, 0.4) is 0 Å². The molecular formula is C23H26BrN5O3S. The molecule has 3 aromatic rings. The van der Waals surface area contributed by atoms with Crippen LogP contribution in [-0.2, 0) is 4.79 Å². The van der Waals surface area contributed by atoms with E-state index in [-0.39, 0.29) is 11.8 Å². The molecule has 33 heavy (non-hydrogen) atoms. The highest BCUT2D eigenvalue weighted by atomic mass is 79.9. The first-order valence-corrected chi connectivity index (χ1v) is 12.2. The van der Waals surface area contributed by atoms with Gasteiger partial charge in [0.1, 0.15) is 16.8 Å². The summed E-state index contributed by atoms with van der Waals surface area (Å²) >= 11 is 4.71. The molecule has 0 aliphatic rings. The molecule has 2 atom stereocenters.